The summed E-state index contributed by atoms with van der Waals surface area (Å²) in [4.78, 5) is 10.5. The Bertz CT molecular complexity index is 316. The van der Waals surface area contributed by atoms with E-state index in [0.717, 1.165) is 19.4 Å². The summed E-state index contributed by atoms with van der Waals surface area (Å²) in [5.41, 5.74) is 1.28. The largest absolute Gasteiger partial charge is 0.481 e. The zero-order chi connectivity index (χ0) is 9.26. The van der Waals surface area contributed by atoms with Gasteiger partial charge in [-0.2, -0.15) is 0 Å². The molecule has 0 radical (unpaired) electrons. The summed E-state index contributed by atoms with van der Waals surface area (Å²) in [7, 11) is 0. The number of carbonyl (C=O) groups is 1. The zero-order valence-electron chi connectivity index (χ0n) is 7.44. The van der Waals surface area contributed by atoms with Gasteiger partial charge >= 0.3 is 5.97 Å². The Morgan fingerprint density at radius 2 is 2.54 bits per heavy atom. The van der Waals surface area contributed by atoms with Crippen molar-refractivity contribution in [3.63, 3.8) is 0 Å². The highest BCUT2D eigenvalue weighted by molar-refractivity contribution is 5.67. The van der Waals surface area contributed by atoms with Gasteiger partial charge in [-0.3, -0.25) is 4.79 Å². The van der Waals surface area contributed by atoms with E-state index in [4.69, 9.17) is 5.11 Å². The second-order valence-corrected chi connectivity index (χ2v) is 3.65. The molecule has 0 aliphatic carbocycles. The quantitative estimate of drug-likeness (QED) is 0.748. The molecular formula is C10H13NO2. The van der Waals surface area contributed by atoms with Crippen molar-refractivity contribution in [2.45, 2.75) is 25.8 Å². The lowest BCUT2D eigenvalue weighted by Gasteiger charge is -2.22. The molecule has 0 spiro atoms. The van der Waals surface area contributed by atoms with Gasteiger partial charge < -0.3 is 9.67 Å². The molecule has 3 nitrogen and oxygen atoms in total. The fourth-order valence-corrected chi connectivity index (χ4v) is 1.99. The van der Waals surface area contributed by atoms with Gasteiger partial charge in [-0.1, -0.05) is 0 Å². The number of carboxylic acid groups (broad SMARTS) is 1. The van der Waals surface area contributed by atoms with E-state index in [0.29, 0.717) is 12.3 Å². The fourth-order valence-electron chi connectivity index (χ4n) is 1.99. The molecule has 1 aromatic rings. The number of aryl methyl sites for hydroxylation is 1. The van der Waals surface area contributed by atoms with Gasteiger partial charge in [0.2, 0.25) is 0 Å². The molecular weight excluding hydrogens is 166 g/mol. The second-order valence-electron chi connectivity index (χ2n) is 3.65. The average molecular weight is 179 g/mol. The van der Waals surface area contributed by atoms with Crippen LogP contribution < -0.4 is 0 Å². The van der Waals surface area contributed by atoms with Crippen LogP contribution in [0.1, 0.15) is 18.5 Å². The third-order valence-corrected chi connectivity index (χ3v) is 2.66. The van der Waals surface area contributed by atoms with E-state index in [1.54, 1.807) is 0 Å². The number of aromatic nitrogens is 1. The molecule has 1 atom stereocenters. The number of rotatable bonds is 2. The van der Waals surface area contributed by atoms with E-state index in [1.165, 1.54) is 5.69 Å². The highest BCUT2D eigenvalue weighted by Crippen LogP contribution is 2.23. The highest BCUT2D eigenvalue weighted by Gasteiger charge is 2.19. The topological polar surface area (TPSA) is 42.2 Å². The molecule has 1 aliphatic rings. The monoisotopic (exact) mass is 179 g/mol. The summed E-state index contributed by atoms with van der Waals surface area (Å²) in [6.07, 6.45) is 4.28. The van der Waals surface area contributed by atoms with Crippen LogP contribution in [-0.4, -0.2) is 15.6 Å². The Morgan fingerprint density at radius 3 is 3.31 bits per heavy atom. The average Bonchev–Trinajstić information content (AvgIpc) is 2.49. The van der Waals surface area contributed by atoms with Gasteiger partial charge in [0.05, 0.1) is 0 Å². The third kappa shape index (κ3) is 1.74. The predicted molar refractivity (Wildman–Crippen MR) is 48.5 cm³/mol. The lowest BCUT2D eigenvalue weighted by Crippen LogP contribution is -2.20. The molecule has 1 N–H and O–H groups in total. The molecule has 3 heteroatoms. The standard InChI is InChI=1S/C10H13NO2/c12-10(13)7-8-3-5-11-4-1-2-9(11)6-8/h1-2,4,8H,3,5-7H2,(H,12,13). The van der Waals surface area contributed by atoms with Gasteiger partial charge in [0.15, 0.2) is 0 Å². The summed E-state index contributed by atoms with van der Waals surface area (Å²) in [5, 5.41) is 8.66. The van der Waals surface area contributed by atoms with Crippen LogP contribution in [0.15, 0.2) is 18.3 Å². The molecule has 70 valence electrons. The van der Waals surface area contributed by atoms with Gasteiger partial charge in [-0.15, -0.1) is 0 Å². The smallest absolute Gasteiger partial charge is 0.303 e. The summed E-state index contributed by atoms with van der Waals surface area (Å²) in [6, 6.07) is 4.10. The van der Waals surface area contributed by atoms with Crippen LogP contribution in [0, 0.1) is 5.92 Å². The molecule has 1 aliphatic heterocycles. The SMILES string of the molecule is O=C(O)CC1CCn2cccc2C1. The first-order valence-electron chi connectivity index (χ1n) is 4.61. The summed E-state index contributed by atoms with van der Waals surface area (Å²) in [5.74, 6) is -0.343. The molecule has 0 saturated heterocycles. The Hall–Kier alpha value is -1.25. The number of nitrogens with zero attached hydrogens (tertiary/aromatic N) is 1. The second kappa shape index (κ2) is 3.24. The van der Waals surface area contributed by atoms with Gasteiger partial charge in [0.25, 0.3) is 0 Å². The minimum absolute atomic E-state index is 0.311. The minimum atomic E-state index is -0.676. The first-order chi connectivity index (χ1) is 6.25. The van der Waals surface area contributed by atoms with Crippen LogP contribution in [0.4, 0.5) is 0 Å². The molecule has 2 rings (SSSR count). The zero-order valence-corrected chi connectivity index (χ0v) is 7.44. The van der Waals surface area contributed by atoms with Crippen LogP contribution in [0.3, 0.4) is 0 Å². The van der Waals surface area contributed by atoms with Gasteiger partial charge in [-0.25, -0.2) is 0 Å². The van der Waals surface area contributed by atoms with Crippen molar-refractivity contribution in [3.8, 4) is 0 Å². The molecule has 1 unspecified atom stereocenters. The third-order valence-electron chi connectivity index (χ3n) is 2.66. The number of aliphatic carboxylic acids is 1. The lowest BCUT2D eigenvalue weighted by atomic mass is 9.93. The van der Waals surface area contributed by atoms with E-state index >= 15 is 0 Å². The van der Waals surface area contributed by atoms with Crippen molar-refractivity contribution < 1.29 is 9.90 Å². The first-order valence-corrected chi connectivity index (χ1v) is 4.61. The summed E-state index contributed by atoms with van der Waals surface area (Å²) in [6.45, 7) is 0.972. The van der Waals surface area contributed by atoms with E-state index in [1.807, 2.05) is 6.07 Å². The van der Waals surface area contributed by atoms with Crippen molar-refractivity contribution in [2.24, 2.45) is 5.92 Å². The maximum atomic E-state index is 10.5. The summed E-state index contributed by atoms with van der Waals surface area (Å²) >= 11 is 0. The fraction of sp³-hybridized carbons (Fsp3) is 0.500. The number of carboxylic acids is 1. The van der Waals surface area contributed by atoms with Crippen LogP contribution in [0.2, 0.25) is 0 Å². The van der Waals surface area contributed by atoms with Crippen molar-refractivity contribution >= 4 is 5.97 Å². The molecule has 1 aromatic heterocycles. The van der Waals surface area contributed by atoms with Crippen LogP contribution >= 0.6 is 0 Å². The van der Waals surface area contributed by atoms with Crippen molar-refractivity contribution in [2.75, 3.05) is 0 Å². The Kier molecular flexibility index (Phi) is 2.08. The van der Waals surface area contributed by atoms with Gasteiger partial charge in [-0.05, 0) is 30.9 Å². The molecule has 2 heterocycles. The molecule has 0 bridgehead atoms. The number of hydrogen-bond acceptors (Lipinski definition) is 1. The van der Waals surface area contributed by atoms with Crippen LogP contribution in [0.5, 0.6) is 0 Å². The maximum absolute atomic E-state index is 10.5. The Morgan fingerprint density at radius 1 is 1.69 bits per heavy atom. The van der Waals surface area contributed by atoms with Gasteiger partial charge in [0, 0.05) is 24.9 Å². The normalized spacial score (nSPS) is 21.1. The van der Waals surface area contributed by atoms with Crippen molar-refractivity contribution in [3.05, 3.63) is 24.0 Å². The van der Waals surface area contributed by atoms with Crippen LogP contribution in [0.25, 0.3) is 0 Å². The Balaban J connectivity index is 2.04. The first kappa shape index (κ1) is 8.35. The molecule has 13 heavy (non-hydrogen) atoms. The van der Waals surface area contributed by atoms with E-state index in [-0.39, 0.29) is 0 Å². The lowest BCUT2D eigenvalue weighted by molar-refractivity contribution is -0.138. The minimum Gasteiger partial charge on any atom is -0.481 e. The molecule has 0 aromatic carbocycles. The summed E-state index contributed by atoms with van der Waals surface area (Å²) < 4.78 is 2.21. The number of fused-ring (bicyclic) bond motifs is 1. The maximum Gasteiger partial charge on any atom is 0.303 e. The highest BCUT2D eigenvalue weighted by atomic mass is 16.4. The van der Waals surface area contributed by atoms with E-state index in [9.17, 15) is 4.79 Å². The van der Waals surface area contributed by atoms with Crippen molar-refractivity contribution in [1.29, 1.82) is 0 Å². The predicted octanol–water partition coefficient (Wildman–Crippen LogP) is 1.53. The Labute approximate surface area is 77.0 Å². The molecule has 0 saturated carbocycles. The molecule has 0 amide bonds. The molecule has 0 fully saturated rings. The van der Waals surface area contributed by atoms with E-state index < -0.39 is 5.97 Å². The number of hydrogen-bond donors (Lipinski definition) is 1. The van der Waals surface area contributed by atoms with E-state index in [2.05, 4.69) is 16.8 Å². The van der Waals surface area contributed by atoms with Crippen LogP contribution in [-0.2, 0) is 17.8 Å². The van der Waals surface area contributed by atoms with Gasteiger partial charge in [0.1, 0.15) is 0 Å². The van der Waals surface area contributed by atoms with Crippen molar-refractivity contribution in [1.82, 2.24) is 4.57 Å².